The van der Waals surface area contributed by atoms with Crippen LogP contribution in [0.3, 0.4) is 0 Å². The Morgan fingerprint density at radius 2 is 2.64 bits per heavy atom. The molecule has 5 heteroatoms. The van der Waals surface area contributed by atoms with E-state index < -0.39 is 5.97 Å². The molecule has 0 radical (unpaired) electrons. The molecule has 1 aromatic rings. The van der Waals surface area contributed by atoms with Gasteiger partial charge in [0.25, 0.3) is 0 Å². The van der Waals surface area contributed by atoms with Crippen LogP contribution in [0.1, 0.15) is 17.5 Å². The molecular formula is C6H6INO3. The van der Waals surface area contributed by atoms with Gasteiger partial charge in [0.2, 0.25) is 5.76 Å². The molecule has 0 aromatic carbocycles. The lowest BCUT2D eigenvalue weighted by molar-refractivity contribution is 0.0479. The Morgan fingerprint density at radius 1 is 1.91 bits per heavy atom. The summed E-state index contributed by atoms with van der Waals surface area (Å²) in [4.78, 5) is 10.9. The molecule has 0 unspecified atom stereocenters. The lowest BCUT2D eigenvalue weighted by Gasteiger charge is -1.93. The van der Waals surface area contributed by atoms with Crippen LogP contribution >= 0.6 is 22.6 Å². The van der Waals surface area contributed by atoms with Crippen LogP contribution in [0.2, 0.25) is 0 Å². The van der Waals surface area contributed by atoms with Crippen LogP contribution in [0.25, 0.3) is 0 Å². The largest absolute Gasteiger partial charge is 0.460 e. The fourth-order valence-electron chi connectivity index (χ4n) is 0.552. The second-order valence-corrected chi connectivity index (χ2v) is 2.84. The summed E-state index contributed by atoms with van der Waals surface area (Å²) in [6, 6.07) is 1.53. The molecule has 1 heterocycles. The summed E-state index contributed by atoms with van der Waals surface area (Å²) in [6.45, 7) is 2.08. The van der Waals surface area contributed by atoms with Gasteiger partial charge in [-0.2, -0.15) is 0 Å². The van der Waals surface area contributed by atoms with Crippen LogP contribution in [0, 0.1) is 3.70 Å². The van der Waals surface area contributed by atoms with Crippen molar-refractivity contribution >= 4 is 28.6 Å². The molecule has 0 bridgehead atoms. The van der Waals surface area contributed by atoms with Crippen molar-refractivity contribution < 1.29 is 14.1 Å². The number of esters is 1. The van der Waals surface area contributed by atoms with Crippen molar-refractivity contribution in [1.82, 2.24) is 5.16 Å². The fourth-order valence-corrected chi connectivity index (χ4v) is 0.933. The summed E-state index contributed by atoms with van der Waals surface area (Å²) in [5.74, 6) is -0.320. The highest BCUT2D eigenvalue weighted by atomic mass is 127. The lowest BCUT2D eigenvalue weighted by Crippen LogP contribution is -2.02. The number of hydrogen-bond acceptors (Lipinski definition) is 4. The monoisotopic (exact) mass is 267 g/mol. The third kappa shape index (κ3) is 2.18. The molecule has 0 spiro atoms. The maximum atomic E-state index is 10.9. The van der Waals surface area contributed by atoms with Crippen molar-refractivity contribution in [3.8, 4) is 0 Å². The summed E-state index contributed by atoms with van der Waals surface area (Å²) in [5.41, 5.74) is 0. The second-order valence-electron chi connectivity index (χ2n) is 1.73. The van der Waals surface area contributed by atoms with Crippen molar-refractivity contribution in [2.24, 2.45) is 0 Å². The van der Waals surface area contributed by atoms with E-state index in [-0.39, 0.29) is 5.76 Å². The summed E-state index contributed by atoms with van der Waals surface area (Å²) in [6.07, 6.45) is 0. The molecule has 60 valence electrons. The maximum Gasteiger partial charge on any atom is 0.377 e. The molecule has 0 aliphatic heterocycles. The van der Waals surface area contributed by atoms with Crippen molar-refractivity contribution in [2.45, 2.75) is 6.92 Å². The fraction of sp³-hybridized carbons (Fsp3) is 0.333. The van der Waals surface area contributed by atoms with Gasteiger partial charge in [0.15, 0.2) is 0 Å². The van der Waals surface area contributed by atoms with E-state index in [1.54, 1.807) is 6.92 Å². The molecule has 1 rings (SSSR count). The molecule has 0 aliphatic rings. The smallest absolute Gasteiger partial charge is 0.377 e. The van der Waals surface area contributed by atoms with Gasteiger partial charge in [-0.1, -0.05) is 5.16 Å². The highest BCUT2D eigenvalue weighted by Crippen LogP contribution is 2.06. The number of halogens is 1. The molecular weight excluding hydrogens is 261 g/mol. The zero-order chi connectivity index (χ0) is 8.27. The Bertz CT molecular complexity index is 258. The van der Waals surface area contributed by atoms with E-state index in [4.69, 9.17) is 0 Å². The minimum Gasteiger partial charge on any atom is -0.460 e. The predicted octanol–water partition coefficient (Wildman–Crippen LogP) is 1.46. The van der Waals surface area contributed by atoms with Gasteiger partial charge in [-0.05, 0) is 29.5 Å². The Morgan fingerprint density at radius 3 is 3.09 bits per heavy atom. The van der Waals surface area contributed by atoms with Gasteiger partial charge < -0.3 is 9.26 Å². The van der Waals surface area contributed by atoms with Gasteiger partial charge in [-0.15, -0.1) is 0 Å². The van der Waals surface area contributed by atoms with E-state index in [1.807, 2.05) is 22.6 Å². The molecule has 0 atom stereocenters. The molecule has 1 aromatic heterocycles. The maximum absolute atomic E-state index is 10.9. The van der Waals surface area contributed by atoms with Crippen molar-refractivity contribution in [3.05, 3.63) is 15.5 Å². The van der Waals surface area contributed by atoms with Gasteiger partial charge in [0, 0.05) is 6.07 Å². The molecule has 0 amide bonds. The number of carbonyl (C=O) groups excluding carboxylic acids is 1. The molecule has 0 aliphatic carbocycles. The number of nitrogens with zero attached hydrogens (tertiary/aromatic N) is 1. The van der Waals surface area contributed by atoms with Crippen LogP contribution in [0.15, 0.2) is 10.6 Å². The normalized spacial score (nSPS) is 9.64. The van der Waals surface area contributed by atoms with Gasteiger partial charge >= 0.3 is 5.97 Å². The van der Waals surface area contributed by atoms with E-state index in [0.29, 0.717) is 10.3 Å². The zero-order valence-electron chi connectivity index (χ0n) is 5.83. The molecule has 4 nitrogen and oxygen atoms in total. The van der Waals surface area contributed by atoms with Crippen LogP contribution in [0.4, 0.5) is 0 Å². The first-order chi connectivity index (χ1) is 5.24. The lowest BCUT2D eigenvalue weighted by atomic mass is 10.5. The molecule has 0 saturated carbocycles. The highest BCUT2D eigenvalue weighted by Gasteiger charge is 2.11. The molecule has 0 fully saturated rings. The first-order valence-corrected chi connectivity index (χ1v) is 4.11. The van der Waals surface area contributed by atoms with Gasteiger partial charge in [0.05, 0.1) is 6.61 Å². The zero-order valence-corrected chi connectivity index (χ0v) is 7.99. The first-order valence-electron chi connectivity index (χ1n) is 3.03. The third-order valence-electron chi connectivity index (χ3n) is 0.958. The minimum atomic E-state index is -0.470. The number of rotatable bonds is 2. The predicted molar refractivity (Wildman–Crippen MR) is 45.2 cm³/mol. The average Bonchev–Trinajstić information content (AvgIpc) is 2.36. The SMILES string of the molecule is CCOC(=O)c1cc(I)no1. The van der Waals surface area contributed by atoms with Crippen molar-refractivity contribution in [2.75, 3.05) is 6.61 Å². The first kappa shape index (κ1) is 8.51. The topological polar surface area (TPSA) is 52.3 Å². The second kappa shape index (κ2) is 3.70. The summed E-state index contributed by atoms with van der Waals surface area (Å²) >= 11 is 1.95. The Kier molecular flexibility index (Phi) is 2.86. The number of carbonyl (C=O) groups is 1. The number of ether oxygens (including phenoxy) is 1. The van der Waals surface area contributed by atoms with Crippen LogP contribution < -0.4 is 0 Å². The molecule has 11 heavy (non-hydrogen) atoms. The average molecular weight is 267 g/mol. The van der Waals surface area contributed by atoms with Gasteiger partial charge in [-0.25, -0.2) is 4.79 Å². The Balaban J connectivity index is 2.69. The standard InChI is InChI=1S/C6H6INO3/c1-2-10-6(9)4-3-5(7)8-11-4/h3H,2H2,1H3. The van der Waals surface area contributed by atoms with Crippen LogP contribution in [-0.4, -0.2) is 17.7 Å². The van der Waals surface area contributed by atoms with Crippen molar-refractivity contribution in [3.63, 3.8) is 0 Å². The summed E-state index contributed by atoms with van der Waals surface area (Å²) in [7, 11) is 0. The van der Waals surface area contributed by atoms with E-state index >= 15 is 0 Å². The molecule has 0 N–H and O–H groups in total. The highest BCUT2D eigenvalue weighted by molar-refractivity contribution is 14.1. The van der Waals surface area contributed by atoms with Gasteiger partial charge in [-0.3, -0.25) is 0 Å². The molecule has 0 saturated heterocycles. The minimum absolute atomic E-state index is 0.149. The third-order valence-corrected chi connectivity index (χ3v) is 1.47. The van der Waals surface area contributed by atoms with E-state index in [2.05, 4.69) is 14.4 Å². The number of aromatic nitrogens is 1. The quantitative estimate of drug-likeness (QED) is 0.601. The van der Waals surface area contributed by atoms with Crippen LogP contribution in [-0.2, 0) is 4.74 Å². The van der Waals surface area contributed by atoms with E-state index in [1.165, 1.54) is 6.07 Å². The van der Waals surface area contributed by atoms with Crippen LogP contribution in [0.5, 0.6) is 0 Å². The van der Waals surface area contributed by atoms with Gasteiger partial charge in [0.1, 0.15) is 3.70 Å². The van der Waals surface area contributed by atoms with Crippen molar-refractivity contribution in [1.29, 1.82) is 0 Å². The summed E-state index contributed by atoms with van der Waals surface area (Å²) < 4.78 is 9.96. The number of hydrogen-bond donors (Lipinski definition) is 0. The summed E-state index contributed by atoms with van der Waals surface area (Å²) in [5, 5.41) is 3.53. The van der Waals surface area contributed by atoms with E-state index in [9.17, 15) is 4.79 Å². The Labute approximate surface area is 77.0 Å². The van der Waals surface area contributed by atoms with E-state index in [0.717, 1.165) is 0 Å². The Hall–Kier alpha value is -0.590.